The number of fused-ring (bicyclic) bond motifs is 1. The highest BCUT2D eigenvalue weighted by atomic mass is 32.1. The standard InChI is InChI=1S/C21H27N3O5S/c1-13(23(3)14(2)25)15-5-6-18-16(11-15)12-24(8-9-29-18)21(27)22-17-7-10-30-19(17)20(26)28-4/h5-7,10-11,13,21-22,27H,8-9,12H2,1-4H3. The van der Waals surface area contributed by atoms with Crippen molar-refractivity contribution in [3.63, 3.8) is 0 Å². The number of carbonyl (C=O) groups is 2. The van der Waals surface area contributed by atoms with Gasteiger partial charge in [-0.05, 0) is 36.1 Å². The lowest BCUT2D eigenvalue weighted by Crippen LogP contribution is -2.41. The van der Waals surface area contributed by atoms with Crippen LogP contribution < -0.4 is 10.1 Å². The van der Waals surface area contributed by atoms with E-state index in [2.05, 4.69) is 5.32 Å². The van der Waals surface area contributed by atoms with Crippen molar-refractivity contribution in [3.05, 3.63) is 45.6 Å². The summed E-state index contributed by atoms with van der Waals surface area (Å²) in [7, 11) is 3.10. The second-order valence-corrected chi connectivity index (χ2v) is 8.08. The molecule has 0 bridgehead atoms. The maximum absolute atomic E-state index is 11.9. The molecule has 9 heteroatoms. The number of hydrogen-bond acceptors (Lipinski definition) is 8. The fraction of sp³-hybridized carbons (Fsp3) is 0.429. The summed E-state index contributed by atoms with van der Waals surface area (Å²) in [4.78, 5) is 27.5. The molecule has 1 amide bonds. The summed E-state index contributed by atoms with van der Waals surface area (Å²) in [6, 6.07) is 7.53. The summed E-state index contributed by atoms with van der Waals surface area (Å²) < 4.78 is 10.6. The third-order valence-electron chi connectivity index (χ3n) is 5.32. The molecule has 0 aliphatic carbocycles. The van der Waals surface area contributed by atoms with Crippen LogP contribution in [0.4, 0.5) is 5.69 Å². The zero-order chi connectivity index (χ0) is 21.8. The van der Waals surface area contributed by atoms with Gasteiger partial charge < -0.3 is 24.8 Å². The van der Waals surface area contributed by atoms with E-state index in [0.717, 1.165) is 16.9 Å². The predicted molar refractivity (Wildman–Crippen MR) is 114 cm³/mol. The Morgan fingerprint density at radius 3 is 2.83 bits per heavy atom. The van der Waals surface area contributed by atoms with E-state index in [4.69, 9.17) is 9.47 Å². The monoisotopic (exact) mass is 433 g/mol. The minimum Gasteiger partial charge on any atom is -0.492 e. The maximum atomic E-state index is 11.9. The van der Waals surface area contributed by atoms with Gasteiger partial charge in [0.05, 0.1) is 18.8 Å². The first kappa shape index (κ1) is 22.1. The highest BCUT2D eigenvalue weighted by molar-refractivity contribution is 7.12. The molecule has 0 spiro atoms. The first-order valence-electron chi connectivity index (χ1n) is 9.65. The Morgan fingerprint density at radius 1 is 1.37 bits per heavy atom. The van der Waals surface area contributed by atoms with Crippen molar-refractivity contribution in [1.82, 2.24) is 9.80 Å². The predicted octanol–water partition coefficient (Wildman–Crippen LogP) is 2.66. The molecule has 162 valence electrons. The molecule has 0 saturated heterocycles. The molecule has 3 rings (SSSR count). The minimum absolute atomic E-state index is 0.00730. The van der Waals surface area contributed by atoms with Crippen molar-refractivity contribution in [2.24, 2.45) is 0 Å². The third kappa shape index (κ3) is 4.75. The lowest BCUT2D eigenvalue weighted by Gasteiger charge is -2.27. The van der Waals surface area contributed by atoms with Crippen LogP contribution in [0.5, 0.6) is 5.75 Å². The Bertz CT molecular complexity index is 916. The molecule has 1 aromatic carbocycles. The molecule has 8 nitrogen and oxygen atoms in total. The number of aliphatic hydroxyl groups is 1. The number of thiophene rings is 1. The highest BCUT2D eigenvalue weighted by Crippen LogP contribution is 2.30. The van der Waals surface area contributed by atoms with Crippen molar-refractivity contribution in [1.29, 1.82) is 0 Å². The van der Waals surface area contributed by atoms with Crippen LogP contribution in [0.15, 0.2) is 29.6 Å². The van der Waals surface area contributed by atoms with Crippen LogP contribution in [0.2, 0.25) is 0 Å². The number of ether oxygens (including phenoxy) is 2. The Hall–Kier alpha value is -2.62. The number of aliphatic hydroxyl groups excluding tert-OH is 1. The van der Waals surface area contributed by atoms with Crippen LogP contribution in [-0.4, -0.2) is 60.4 Å². The second kappa shape index (κ2) is 9.46. The van der Waals surface area contributed by atoms with Crippen LogP contribution in [0.25, 0.3) is 0 Å². The van der Waals surface area contributed by atoms with E-state index in [-0.39, 0.29) is 11.9 Å². The van der Waals surface area contributed by atoms with Crippen molar-refractivity contribution in [2.75, 3.05) is 32.6 Å². The van der Waals surface area contributed by atoms with Gasteiger partial charge in [-0.2, -0.15) is 0 Å². The summed E-state index contributed by atoms with van der Waals surface area (Å²) in [5.41, 5.74) is 2.44. The number of hydrogen-bond donors (Lipinski definition) is 2. The van der Waals surface area contributed by atoms with E-state index in [0.29, 0.717) is 30.3 Å². The smallest absolute Gasteiger partial charge is 0.350 e. The number of anilines is 1. The number of nitrogens with zero attached hydrogens (tertiary/aromatic N) is 2. The second-order valence-electron chi connectivity index (χ2n) is 7.16. The van der Waals surface area contributed by atoms with Gasteiger partial charge in [-0.15, -0.1) is 11.3 Å². The van der Waals surface area contributed by atoms with Crippen molar-refractivity contribution in [2.45, 2.75) is 32.8 Å². The molecule has 1 aliphatic rings. The van der Waals surface area contributed by atoms with Gasteiger partial charge in [0.15, 0.2) is 6.35 Å². The van der Waals surface area contributed by atoms with Gasteiger partial charge in [0.25, 0.3) is 0 Å². The van der Waals surface area contributed by atoms with E-state index < -0.39 is 12.3 Å². The molecule has 30 heavy (non-hydrogen) atoms. The van der Waals surface area contributed by atoms with Gasteiger partial charge in [0.2, 0.25) is 5.91 Å². The summed E-state index contributed by atoms with van der Waals surface area (Å²) >= 11 is 1.25. The molecule has 2 heterocycles. The fourth-order valence-corrected chi connectivity index (χ4v) is 4.08. The summed E-state index contributed by atoms with van der Waals surface area (Å²) in [5.74, 6) is 0.307. The summed E-state index contributed by atoms with van der Waals surface area (Å²) in [6.45, 7) is 4.88. The number of nitrogens with one attached hydrogen (secondary N) is 1. The first-order chi connectivity index (χ1) is 14.3. The van der Waals surface area contributed by atoms with Crippen molar-refractivity contribution in [3.8, 4) is 5.75 Å². The molecule has 0 fully saturated rings. The highest BCUT2D eigenvalue weighted by Gasteiger charge is 2.24. The molecule has 0 saturated carbocycles. The van der Waals surface area contributed by atoms with Gasteiger partial charge in [-0.25, -0.2) is 4.79 Å². The number of rotatable bonds is 6. The molecular weight excluding hydrogens is 406 g/mol. The quantitative estimate of drug-likeness (QED) is 0.535. The Labute approximate surface area is 180 Å². The van der Waals surface area contributed by atoms with Crippen molar-refractivity contribution < 1.29 is 24.2 Å². The van der Waals surface area contributed by atoms with E-state index >= 15 is 0 Å². The molecule has 2 aromatic rings. The summed E-state index contributed by atoms with van der Waals surface area (Å²) in [5, 5.41) is 15.5. The maximum Gasteiger partial charge on any atom is 0.350 e. The zero-order valence-electron chi connectivity index (χ0n) is 17.5. The van der Waals surface area contributed by atoms with Crippen LogP contribution in [0.3, 0.4) is 0 Å². The SMILES string of the molecule is COC(=O)c1sccc1NC(O)N1CCOc2ccc(C(C)N(C)C(C)=O)cc2C1. The average Bonchev–Trinajstić information content (AvgIpc) is 3.08. The number of amides is 1. The van der Waals surface area contributed by atoms with Crippen LogP contribution >= 0.6 is 11.3 Å². The number of carbonyl (C=O) groups excluding carboxylic acids is 2. The van der Waals surface area contributed by atoms with Gasteiger partial charge in [-0.3, -0.25) is 9.69 Å². The van der Waals surface area contributed by atoms with Crippen molar-refractivity contribution >= 4 is 28.9 Å². The minimum atomic E-state index is -1.02. The van der Waals surface area contributed by atoms with Gasteiger partial charge in [-0.1, -0.05) is 6.07 Å². The normalized spacial score (nSPS) is 15.9. The Morgan fingerprint density at radius 2 is 2.13 bits per heavy atom. The summed E-state index contributed by atoms with van der Waals surface area (Å²) in [6.07, 6.45) is -1.02. The number of esters is 1. The fourth-order valence-electron chi connectivity index (χ4n) is 3.30. The topological polar surface area (TPSA) is 91.3 Å². The number of methoxy groups -OCH3 is 1. The Balaban J connectivity index is 1.77. The van der Waals surface area contributed by atoms with E-state index in [1.807, 2.05) is 30.0 Å². The molecule has 2 atom stereocenters. The zero-order valence-corrected chi connectivity index (χ0v) is 18.4. The molecule has 2 N–H and O–H groups in total. The van der Waals surface area contributed by atoms with Crippen LogP contribution in [0, 0.1) is 0 Å². The molecular formula is C21H27N3O5S. The third-order valence-corrected chi connectivity index (χ3v) is 6.22. The van der Waals surface area contributed by atoms with E-state index in [1.54, 1.807) is 30.3 Å². The molecule has 2 unspecified atom stereocenters. The molecule has 1 aromatic heterocycles. The van der Waals surface area contributed by atoms with Gasteiger partial charge in [0, 0.05) is 32.6 Å². The molecule has 1 aliphatic heterocycles. The van der Waals surface area contributed by atoms with Crippen LogP contribution in [-0.2, 0) is 16.1 Å². The average molecular weight is 434 g/mol. The van der Waals surface area contributed by atoms with Crippen LogP contribution in [0.1, 0.15) is 40.7 Å². The number of benzene rings is 1. The van der Waals surface area contributed by atoms with Gasteiger partial charge in [0.1, 0.15) is 17.2 Å². The lowest BCUT2D eigenvalue weighted by atomic mass is 10.0. The first-order valence-corrected chi connectivity index (χ1v) is 10.5. The van der Waals surface area contributed by atoms with E-state index in [9.17, 15) is 14.7 Å². The van der Waals surface area contributed by atoms with Gasteiger partial charge >= 0.3 is 5.97 Å². The molecule has 0 radical (unpaired) electrons. The lowest BCUT2D eigenvalue weighted by molar-refractivity contribution is -0.129. The largest absolute Gasteiger partial charge is 0.492 e. The Kier molecular flexibility index (Phi) is 6.96. The van der Waals surface area contributed by atoms with E-state index in [1.165, 1.54) is 18.4 Å².